The monoisotopic (exact) mass is 413 g/mol. The summed E-state index contributed by atoms with van der Waals surface area (Å²) in [7, 11) is 0. The van der Waals surface area contributed by atoms with Crippen LogP contribution in [0.25, 0.3) is 27.4 Å². The molecule has 154 valence electrons. The molecule has 0 amide bonds. The molecule has 1 aliphatic rings. The first kappa shape index (κ1) is 19.0. The topological polar surface area (TPSA) is 109 Å². The quantitative estimate of drug-likeness (QED) is 0.275. The van der Waals surface area contributed by atoms with Crippen molar-refractivity contribution in [3.05, 3.63) is 91.9 Å². The van der Waals surface area contributed by atoms with Crippen LogP contribution in [0.15, 0.2) is 59.4 Å². The minimum Gasteiger partial charge on any atom is -0.350 e. The highest BCUT2D eigenvalue weighted by atomic mass is 16.6. The number of aromatic amines is 2. The van der Waals surface area contributed by atoms with Gasteiger partial charge >= 0.3 is 0 Å². The number of carbonyl (C=O) groups is 1. The molecule has 2 aromatic heterocycles. The van der Waals surface area contributed by atoms with E-state index in [2.05, 4.69) is 16.0 Å². The number of H-pyrrole nitrogens is 2. The van der Waals surface area contributed by atoms with Gasteiger partial charge in [-0.2, -0.15) is 0 Å². The van der Waals surface area contributed by atoms with Crippen molar-refractivity contribution in [1.29, 1.82) is 0 Å². The molecule has 2 heterocycles. The maximum absolute atomic E-state index is 13.7. The van der Waals surface area contributed by atoms with E-state index < -0.39 is 4.92 Å². The van der Waals surface area contributed by atoms with Crippen LogP contribution in [0.4, 0.5) is 5.69 Å². The van der Waals surface area contributed by atoms with Gasteiger partial charge in [0.1, 0.15) is 5.52 Å². The molecule has 5 rings (SSSR count). The van der Waals surface area contributed by atoms with Gasteiger partial charge in [-0.25, -0.2) is 0 Å². The summed E-state index contributed by atoms with van der Waals surface area (Å²) in [4.78, 5) is 43.1. The minimum atomic E-state index is -0.495. The van der Waals surface area contributed by atoms with Crippen molar-refractivity contribution >= 4 is 38.8 Å². The number of nitro benzene ring substituents is 1. The lowest BCUT2D eigenvalue weighted by atomic mass is 9.91. The number of nitro groups is 1. The van der Waals surface area contributed by atoms with Crippen molar-refractivity contribution in [1.82, 2.24) is 9.97 Å². The predicted molar refractivity (Wildman–Crippen MR) is 119 cm³/mol. The number of nitrogens with zero attached hydrogens (tertiary/aromatic N) is 1. The van der Waals surface area contributed by atoms with E-state index in [1.165, 1.54) is 24.3 Å². The lowest BCUT2D eigenvalue weighted by Gasteiger charge is -2.13. The number of hydrogen-bond acceptors (Lipinski definition) is 4. The largest absolute Gasteiger partial charge is 0.350 e. The van der Waals surface area contributed by atoms with Gasteiger partial charge in [-0.1, -0.05) is 24.3 Å². The summed E-state index contributed by atoms with van der Waals surface area (Å²) in [6, 6.07) is 13.0. The Bertz CT molecular complexity index is 1440. The summed E-state index contributed by atoms with van der Waals surface area (Å²) in [5, 5.41) is 12.4. The Morgan fingerprint density at radius 2 is 1.77 bits per heavy atom. The first-order chi connectivity index (χ1) is 15.0. The molecule has 0 saturated carbocycles. The number of non-ortho nitro benzene ring substituents is 1. The molecule has 0 bridgehead atoms. The second kappa shape index (κ2) is 7.36. The molecule has 4 aromatic rings. The van der Waals surface area contributed by atoms with Crippen LogP contribution in [0, 0.1) is 10.1 Å². The highest BCUT2D eigenvalue weighted by Gasteiger charge is 2.26. The molecule has 2 aromatic carbocycles. The van der Waals surface area contributed by atoms with Gasteiger partial charge in [-0.05, 0) is 49.5 Å². The van der Waals surface area contributed by atoms with Crippen LogP contribution in [0.5, 0.6) is 0 Å². The van der Waals surface area contributed by atoms with Gasteiger partial charge in [-0.15, -0.1) is 0 Å². The van der Waals surface area contributed by atoms with Gasteiger partial charge in [0, 0.05) is 34.0 Å². The fourth-order valence-electron chi connectivity index (χ4n) is 4.35. The van der Waals surface area contributed by atoms with Crippen molar-refractivity contribution in [2.24, 2.45) is 0 Å². The second-order valence-corrected chi connectivity index (χ2v) is 7.73. The summed E-state index contributed by atoms with van der Waals surface area (Å²) in [5.74, 6) is -0.265. The van der Waals surface area contributed by atoms with Gasteiger partial charge in [0.05, 0.1) is 16.2 Å². The smallest absolute Gasteiger partial charge is 0.272 e. The van der Waals surface area contributed by atoms with E-state index in [-0.39, 0.29) is 17.0 Å². The van der Waals surface area contributed by atoms with Gasteiger partial charge in [0.25, 0.3) is 11.2 Å². The van der Waals surface area contributed by atoms with E-state index in [1.54, 1.807) is 0 Å². The number of hydrogen-bond donors (Lipinski definition) is 2. The Morgan fingerprint density at radius 1 is 1.00 bits per heavy atom. The number of carbonyl (C=O) groups excluding carboxylic acids is 1. The molecule has 1 aliphatic carbocycles. The second-order valence-electron chi connectivity index (χ2n) is 7.73. The number of nitrogens with one attached hydrogen (secondary N) is 2. The van der Waals surface area contributed by atoms with Crippen molar-refractivity contribution in [2.75, 3.05) is 0 Å². The number of para-hydroxylation sites is 1. The zero-order valence-corrected chi connectivity index (χ0v) is 16.6. The zero-order valence-electron chi connectivity index (χ0n) is 16.6. The average Bonchev–Trinajstić information content (AvgIpc) is 3.21. The summed E-state index contributed by atoms with van der Waals surface area (Å²) in [6.07, 6.45) is 5.98. The van der Waals surface area contributed by atoms with E-state index in [0.29, 0.717) is 33.2 Å². The van der Waals surface area contributed by atoms with Crippen molar-refractivity contribution in [3.63, 3.8) is 0 Å². The number of pyridine rings is 1. The van der Waals surface area contributed by atoms with E-state index in [1.807, 2.05) is 24.3 Å². The standard InChI is InChI=1S/C24H19N3O4/c28-23(15-10-12-16(13-11-15)27(30)31)20-19-17-8-4-5-9-18(17)25-24(29)22(19)26-21(20)14-6-2-1-3-7-14/h4-6,8-13,26H,1-3,7H2,(H,25,29). The number of ketones is 1. The zero-order chi connectivity index (χ0) is 21.5. The first-order valence-electron chi connectivity index (χ1n) is 10.2. The normalized spacial score (nSPS) is 14.0. The van der Waals surface area contributed by atoms with Gasteiger partial charge in [-0.3, -0.25) is 19.7 Å². The number of benzene rings is 2. The van der Waals surface area contributed by atoms with Crippen LogP contribution in [0.3, 0.4) is 0 Å². The Labute approximate surface area is 176 Å². The molecule has 0 fully saturated rings. The molecule has 0 atom stereocenters. The van der Waals surface area contributed by atoms with Gasteiger partial charge < -0.3 is 9.97 Å². The van der Waals surface area contributed by atoms with Crippen LogP contribution >= 0.6 is 0 Å². The van der Waals surface area contributed by atoms with Crippen LogP contribution in [0.1, 0.15) is 47.3 Å². The van der Waals surface area contributed by atoms with Crippen LogP contribution in [-0.2, 0) is 0 Å². The first-order valence-corrected chi connectivity index (χ1v) is 10.2. The van der Waals surface area contributed by atoms with E-state index in [4.69, 9.17) is 0 Å². The average molecular weight is 413 g/mol. The van der Waals surface area contributed by atoms with E-state index in [0.717, 1.165) is 36.6 Å². The summed E-state index contributed by atoms with van der Waals surface area (Å²) in [5.41, 5.74) is 3.14. The fraction of sp³-hybridized carbons (Fsp3) is 0.167. The molecule has 0 saturated heterocycles. The van der Waals surface area contributed by atoms with Crippen LogP contribution < -0.4 is 5.56 Å². The molecule has 7 nitrogen and oxygen atoms in total. The Morgan fingerprint density at radius 3 is 2.48 bits per heavy atom. The number of aromatic nitrogens is 2. The lowest BCUT2D eigenvalue weighted by Crippen LogP contribution is -2.07. The molecule has 0 aliphatic heterocycles. The highest BCUT2D eigenvalue weighted by molar-refractivity contribution is 6.24. The third-order valence-electron chi connectivity index (χ3n) is 5.85. The van der Waals surface area contributed by atoms with Gasteiger partial charge in [0.2, 0.25) is 0 Å². The maximum Gasteiger partial charge on any atom is 0.272 e. The molecular weight excluding hydrogens is 394 g/mol. The number of fused-ring (bicyclic) bond motifs is 3. The summed E-state index contributed by atoms with van der Waals surface area (Å²) in [6.45, 7) is 0. The SMILES string of the molecule is O=C(c1ccc([N+](=O)[O-])cc1)c1c(C2=CCCCC2)[nH]c2c(=O)[nH]c3ccccc3c12. The summed E-state index contributed by atoms with van der Waals surface area (Å²) >= 11 is 0. The highest BCUT2D eigenvalue weighted by Crippen LogP contribution is 2.36. The predicted octanol–water partition coefficient (Wildman–Crippen LogP) is 5.11. The molecule has 0 spiro atoms. The van der Waals surface area contributed by atoms with Crippen LogP contribution in [-0.4, -0.2) is 20.7 Å². The molecule has 0 unspecified atom stereocenters. The van der Waals surface area contributed by atoms with E-state index in [9.17, 15) is 19.7 Å². The minimum absolute atomic E-state index is 0.0763. The Balaban J connectivity index is 1.82. The van der Waals surface area contributed by atoms with Crippen molar-refractivity contribution < 1.29 is 9.72 Å². The molecule has 31 heavy (non-hydrogen) atoms. The number of rotatable bonds is 4. The Hall–Kier alpha value is -4.00. The molecule has 2 N–H and O–H groups in total. The van der Waals surface area contributed by atoms with E-state index >= 15 is 0 Å². The third-order valence-corrected chi connectivity index (χ3v) is 5.85. The third kappa shape index (κ3) is 3.15. The summed E-state index contributed by atoms with van der Waals surface area (Å²) < 4.78 is 0. The Kier molecular flexibility index (Phi) is 4.51. The molecule has 0 radical (unpaired) electrons. The lowest BCUT2D eigenvalue weighted by molar-refractivity contribution is -0.384. The maximum atomic E-state index is 13.7. The van der Waals surface area contributed by atoms with Crippen molar-refractivity contribution in [3.8, 4) is 0 Å². The molecular formula is C24H19N3O4. The number of allylic oxidation sites excluding steroid dienone is 2. The fourth-order valence-corrected chi connectivity index (χ4v) is 4.35. The van der Waals surface area contributed by atoms with Gasteiger partial charge in [0.15, 0.2) is 5.78 Å². The van der Waals surface area contributed by atoms with Crippen LogP contribution in [0.2, 0.25) is 0 Å². The van der Waals surface area contributed by atoms with Crippen molar-refractivity contribution in [2.45, 2.75) is 25.7 Å². The molecule has 7 heteroatoms.